The zero-order valence-corrected chi connectivity index (χ0v) is 14.4. The molecule has 1 unspecified atom stereocenters. The van der Waals surface area contributed by atoms with Crippen molar-refractivity contribution >= 4 is 5.91 Å². The lowest BCUT2D eigenvalue weighted by atomic mass is 10.0. The van der Waals surface area contributed by atoms with Crippen LogP contribution in [-0.2, 0) is 4.79 Å². The second-order valence-corrected chi connectivity index (χ2v) is 6.30. The molecule has 0 bridgehead atoms. The molecule has 1 atom stereocenters. The molecular formula is C18H28N2O3. The van der Waals surface area contributed by atoms with Gasteiger partial charge in [-0.05, 0) is 44.0 Å². The number of rotatable bonds is 8. The van der Waals surface area contributed by atoms with Gasteiger partial charge in [0.1, 0.15) is 0 Å². The zero-order chi connectivity index (χ0) is 16.7. The van der Waals surface area contributed by atoms with Crippen molar-refractivity contribution in [3.63, 3.8) is 0 Å². The van der Waals surface area contributed by atoms with Gasteiger partial charge in [-0.25, -0.2) is 0 Å². The first-order chi connectivity index (χ1) is 11.1. The van der Waals surface area contributed by atoms with Crippen molar-refractivity contribution in [2.24, 2.45) is 5.92 Å². The molecule has 1 heterocycles. The Hall–Kier alpha value is -1.75. The molecule has 2 rings (SSSR count). The number of ether oxygens (including phenoxy) is 2. The summed E-state index contributed by atoms with van der Waals surface area (Å²) in [5.41, 5.74) is 0. The maximum absolute atomic E-state index is 12.1. The smallest absolute Gasteiger partial charge is 0.257 e. The molecule has 0 aromatic heterocycles. The minimum Gasteiger partial charge on any atom is -0.493 e. The summed E-state index contributed by atoms with van der Waals surface area (Å²) in [5.74, 6) is 1.65. The Morgan fingerprint density at radius 3 is 2.48 bits per heavy atom. The standard InChI is InChI=1S/C18H28N2O3/c1-14(2)15(20-10-6-7-11-20)12-19-18(21)13-23-17-9-5-4-8-16(17)22-3/h4-5,8-9,14-15H,6-7,10-13H2,1-3H3,(H,19,21). The third-order valence-corrected chi connectivity index (χ3v) is 4.32. The Kier molecular flexibility index (Phi) is 6.71. The summed E-state index contributed by atoms with van der Waals surface area (Å²) in [6.45, 7) is 7.37. The molecule has 5 nitrogen and oxygen atoms in total. The number of methoxy groups -OCH3 is 1. The predicted molar refractivity (Wildman–Crippen MR) is 90.9 cm³/mol. The third-order valence-electron chi connectivity index (χ3n) is 4.32. The lowest BCUT2D eigenvalue weighted by Crippen LogP contribution is -2.46. The van der Waals surface area contributed by atoms with Crippen LogP contribution in [0.2, 0.25) is 0 Å². The number of carbonyl (C=O) groups excluding carboxylic acids is 1. The molecule has 1 aliphatic rings. The molecule has 0 spiro atoms. The van der Waals surface area contributed by atoms with Crippen molar-refractivity contribution in [2.45, 2.75) is 32.7 Å². The van der Waals surface area contributed by atoms with Gasteiger partial charge >= 0.3 is 0 Å². The number of hydrogen-bond acceptors (Lipinski definition) is 4. The van der Waals surface area contributed by atoms with E-state index in [1.807, 2.05) is 18.2 Å². The van der Waals surface area contributed by atoms with Gasteiger partial charge in [-0.3, -0.25) is 9.69 Å². The van der Waals surface area contributed by atoms with E-state index in [-0.39, 0.29) is 12.5 Å². The average Bonchev–Trinajstić information content (AvgIpc) is 3.07. The predicted octanol–water partition coefficient (Wildman–Crippen LogP) is 2.31. The van der Waals surface area contributed by atoms with Crippen molar-refractivity contribution in [1.29, 1.82) is 0 Å². The Morgan fingerprint density at radius 1 is 1.22 bits per heavy atom. The van der Waals surface area contributed by atoms with Crippen LogP contribution < -0.4 is 14.8 Å². The maximum atomic E-state index is 12.1. The lowest BCUT2D eigenvalue weighted by molar-refractivity contribution is -0.123. The first-order valence-electron chi connectivity index (χ1n) is 8.38. The molecule has 1 aliphatic heterocycles. The monoisotopic (exact) mass is 320 g/mol. The van der Waals surface area contributed by atoms with E-state index in [0.29, 0.717) is 30.0 Å². The quantitative estimate of drug-likeness (QED) is 0.798. The van der Waals surface area contributed by atoms with E-state index in [1.54, 1.807) is 13.2 Å². The summed E-state index contributed by atoms with van der Waals surface area (Å²) in [6.07, 6.45) is 2.52. The van der Waals surface area contributed by atoms with E-state index < -0.39 is 0 Å². The molecule has 1 N–H and O–H groups in total. The van der Waals surface area contributed by atoms with Crippen LogP contribution in [-0.4, -0.2) is 50.2 Å². The molecule has 128 valence electrons. The maximum Gasteiger partial charge on any atom is 0.257 e. The summed E-state index contributed by atoms with van der Waals surface area (Å²) in [7, 11) is 1.59. The van der Waals surface area contributed by atoms with Crippen LogP contribution in [0, 0.1) is 5.92 Å². The summed E-state index contributed by atoms with van der Waals surface area (Å²) >= 11 is 0. The number of nitrogens with zero attached hydrogens (tertiary/aromatic N) is 1. The first kappa shape index (κ1) is 17.6. The summed E-state index contributed by atoms with van der Waals surface area (Å²) in [6, 6.07) is 7.74. The minimum absolute atomic E-state index is 0.00515. The van der Waals surface area contributed by atoms with Crippen molar-refractivity contribution in [3.05, 3.63) is 24.3 Å². The highest BCUT2D eigenvalue weighted by Gasteiger charge is 2.24. The third kappa shape index (κ3) is 5.13. The van der Waals surface area contributed by atoms with Crippen LogP contribution in [0.15, 0.2) is 24.3 Å². The second kappa shape index (κ2) is 8.77. The van der Waals surface area contributed by atoms with Gasteiger partial charge in [-0.1, -0.05) is 26.0 Å². The Bertz CT molecular complexity index is 499. The second-order valence-electron chi connectivity index (χ2n) is 6.30. The van der Waals surface area contributed by atoms with E-state index in [1.165, 1.54) is 12.8 Å². The SMILES string of the molecule is COc1ccccc1OCC(=O)NCC(C(C)C)N1CCCC1. The molecule has 1 amide bonds. The van der Waals surface area contributed by atoms with Gasteiger partial charge in [-0.2, -0.15) is 0 Å². The Morgan fingerprint density at radius 2 is 1.87 bits per heavy atom. The molecular weight excluding hydrogens is 292 g/mol. The number of carbonyl (C=O) groups is 1. The fourth-order valence-electron chi connectivity index (χ4n) is 3.01. The highest BCUT2D eigenvalue weighted by molar-refractivity contribution is 5.77. The summed E-state index contributed by atoms with van der Waals surface area (Å²) < 4.78 is 10.8. The number of nitrogens with one attached hydrogen (secondary N) is 1. The van der Waals surface area contributed by atoms with Gasteiger partial charge in [0.05, 0.1) is 7.11 Å². The molecule has 1 aromatic carbocycles. The fourth-order valence-corrected chi connectivity index (χ4v) is 3.01. The van der Waals surface area contributed by atoms with E-state index in [2.05, 4.69) is 24.1 Å². The molecule has 0 radical (unpaired) electrons. The van der Waals surface area contributed by atoms with Gasteiger partial charge in [0, 0.05) is 12.6 Å². The van der Waals surface area contributed by atoms with Crippen LogP contribution >= 0.6 is 0 Å². The normalized spacial score (nSPS) is 16.3. The van der Waals surface area contributed by atoms with Crippen LogP contribution in [0.4, 0.5) is 0 Å². The highest BCUT2D eigenvalue weighted by atomic mass is 16.5. The zero-order valence-electron chi connectivity index (χ0n) is 14.4. The number of benzene rings is 1. The number of para-hydroxylation sites is 2. The van der Waals surface area contributed by atoms with Crippen LogP contribution in [0.5, 0.6) is 11.5 Å². The van der Waals surface area contributed by atoms with E-state index >= 15 is 0 Å². The van der Waals surface area contributed by atoms with Crippen molar-refractivity contribution in [3.8, 4) is 11.5 Å². The average molecular weight is 320 g/mol. The molecule has 1 saturated heterocycles. The van der Waals surface area contributed by atoms with Gasteiger partial charge < -0.3 is 14.8 Å². The van der Waals surface area contributed by atoms with Crippen LogP contribution in [0.25, 0.3) is 0 Å². The van der Waals surface area contributed by atoms with Crippen LogP contribution in [0.1, 0.15) is 26.7 Å². The van der Waals surface area contributed by atoms with Gasteiger partial charge in [0.25, 0.3) is 5.91 Å². The lowest BCUT2D eigenvalue weighted by Gasteiger charge is -2.31. The summed E-state index contributed by atoms with van der Waals surface area (Å²) in [4.78, 5) is 14.5. The van der Waals surface area contributed by atoms with Crippen molar-refractivity contribution in [1.82, 2.24) is 10.2 Å². The molecule has 1 fully saturated rings. The molecule has 0 saturated carbocycles. The van der Waals surface area contributed by atoms with E-state index in [0.717, 1.165) is 13.1 Å². The topological polar surface area (TPSA) is 50.8 Å². The summed E-state index contributed by atoms with van der Waals surface area (Å²) in [5, 5.41) is 3.00. The van der Waals surface area contributed by atoms with Crippen LogP contribution in [0.3, 0.4) is 0 Å². The highest BCUT2D eigenvalue weighted by Crippen LogP contribution is 2.25. The Balaban J connectivity index is 1.79. The molecule has 1 aromatic rings. The van der Waals surface area contributed by atoms with Crippen molar-refractivity contribution < 1.29 is 14.3 Å². The number of amides is 1. The van der Waals surface area contributed by atoms with Gasteiger partial charge in [0.15, 0.2) is 18.1 Å². The van der Waals surface area contributed by atoms with Crippen molar-refractivity contribution in [2.75, 3.05) is 33.4 Å². The largest absolute Gasteiger partial charge is 0.493 e. The van der Waals surface area contributed by atoms with Gasteiger partial charge in [-0.15, -0.1) is 0 Å². The minimum atomic E-state index is -0.0965. The first-order valence-corrected chi connectivity index (χ1v) is 8.38. The molecule has 5 heteroatoms. The number of likely N-dealkylation sites (tertiary alicyclic amines) is 1. The molecule has 23 heavy (non-hydrogen) atoms. The Labute approximate surface area is 139 Å². The van der Waals surface area contributed by atoms with E-state index in [9.17, 15) is 4.79 Å². The van der Waals surface area contributed by atoms with Gasteiger partial charge in [0.2, 0.25) is 0 Å². The fraction of sp³-hybridized carbons (Fsp3) is 0.611. The van der Waals surface area contributed by atoms with E-state index in [4.69, 9.17) is 9.47 Å². The number of hydrogen-bond donors (Lipinski definition) is 1. The molecule has 0 aliphatic carbocycles.